The van der Waals surface area contributed by atoms with E-state index in [2.05, 4.69) is 5.32 Å². The number of hydrogen-bond donors (Lipinski definition) is 2. The van der Waals surface area contributed by atoms with E-state index in [9.17, 15) is 18.0 Å². The summed E-state index contributed by atoms with van der Waals surface area (Å²) in [5.74, 6) is -1.36. The molecule has 1 amide bonds. The number of alkyl halides is 3. The van der Waals surface area contributed by atoms with Crippen LogP contribution in [0.2, 0.25) is 0 Å². The van der Waals surface area contributed by atoms with Gasteiger partial charge in [-0.1, -0.05) is 0 Å². The standard InChI is InChI=1S/C6H9F3N2O/c7-6(8,9)4-1-3(2-11-4)5(10)12/h3-4,11H,1-2H2,(H2,10,12). The number of carbonyl (C=O) groups is 1. The fraction of sp³-hybridized carbons (Fsp3) is 0.833. The summed E-state index contributed by atoms with van der Waals surface area (Å²) < 4.78 is 35.9. The van der Waals surface area contributed by atoms with Crippen LogP contribution < -0.4 is 11.1 Å². The maximum absolute atomic E-state index is 12.0. The number of nitrogens with two attached hydrogens (primary N) is 1. The van der Waals surface area contributed by atoms with Gasteiger partial charge in [-0.25, -0.2) is 0 Å². The molecule has 0 bridgehead atoms. The van der Waals surface area contributed by atoms with E-state index < -0.39 is 24.0 Å². The van der Waals surface area contributed by atoms with Crippen LogP contribution in [0.5, 0.6) is 0 Å². The highest BCUT2D eigenvalue weighted by atomic mass is 19.4. The van der Waals surface area contributed by atoms with Crippen LogP contribution in [0, 0.1) is 5.92 Å². The van der Waals surface area contributed by atoms with E-state index in [1.165, 1.54) is 0 Å². The molecule has 1 rings (SSSR count). The molecule has 3 N–H and O–H groups in total. The summed E-state index contributed by atoms with van der Waals surface area (Å²) in [6, 6.07) is -1.57. The summed E-state index contributed by atoms with van der Waals surface area (Å²) in [4.78, 5) is 10.5. The van der Waals surface area contributed by atoms with E-state index >= 15 is 0 Å². The van der Waals surface area contributed by atoms with Gasteiger partial charge in [0.05, 0.1) is 5.92 Å². The number of rotatable bonds is 1. The topological polar surface area (TPSA) is 55.1 Å². The molecular formula is C6H9F3N2O. The predicted molar refractivity (Wildman–Crippen MR) is 35.1 cm³/mol. The van der Waals surface area contributed by atoms with Crippen LogP contribution in [0.3, 0.4) is 0 Å². The maximum Gasteiger partial charge on any atom is 0.403 e. The van der Waals surface area contributed by atoms with Crippen molar-refractivity contribution in [1.82, 2.24) is 5.32 Å². The van der Waals surface area contributed by atoms with Crippen molar-refractivity contribution in [3.8, 4) is 0 Å². The van der Waals surface area contributed by atoms with Crippen LogP contribution in [-0.4, -0.2) is 24.7 Å². The van der Waals surface area contributed by atoms with Crippen molar-refractivity contribution < 1.29 is 18.0 Å². The van der Waals surface area contributed by atoms with Gasteiger partial charge in [-0.3, -0.25) is 4.79 Å². The first-order chi connectivity index (χ1) is 5.41. The van der Waals surface area contributed by atoms with Gasteiger partial charge in [-0.15, -0.1) is 0 Å². The second-order valence-electron chi connectivity index (χ2n) is 2.84. The van der Waals surface area contributed by atoms with Gasteiger partial charge in [0.2, 0.25) is 5.91 Å². The lowest BCUT2D eigenvalue weighted by molar-refractivity contribution is -0.152. The Kier molecular flexibility index (Phi) is 2.27. The predicted octanol–water partition coefficient (Wildman–Crippen LogP) is 0.0121. The zero-order valence-electron chi connectivity index (χ0n) is 6.19. The molecule has 12 heavy (non-hydrogen) atoms. The highest BCUT2D eigenvalue weighted by Gasteiger charge is 2.45. The molecular weight excluding hydrogens is 173 g/mol. The van der Waals surface area contributed by atoms with Gasteiger partial charge in [0.15, 0.2) is 0 Å². The number of hydrogen-bond acceptors (Lipinski definition) is 2. The van der Waals surface area contributed by atoms with Gasteiger partial charge in [0.1, 0.15) is 6.04 Å². The Balaban J connectivity index is 2.51. The lowest BCUT2D eigenvalue weighted by atomic mass is 10.1. The zero-order valence-corrected chi connectivity index (χ0v) is 6.19. The van der Waals surface area contributed by atoms with Gasteiger partial charge >= 0.3 is 6.18 Å². The Bertz CT molecular complexity index is 192. The first kappa shape index (κ1) is 9.31. The second-order valence-corrected chi connectivity index (χ2v) is 2.84. The molecule has 2 unspecified atom stereocenters. The molecule has 0 aromatic heterocycles. The summed E-state index contributed by atoms with van der Waals surface area (Å²) >= 11 is 0. The van der Waals surface area contributed by atoms with Gasteiger partial charge in [0.25, 0.3) is 0 Å². The number of amides is 1. The molecule has 0 radical (unpaired) electrons. The van der Waals surface area contributed by atoms with Crippen molar-refractivity contribution in [3.63, 3.8) is 0 Å². The van der Waals surface area contributed by atoms with E-state index in [0.717, 1.165) is 0 Å². The minimum absolute atomic E-state index is 0.0273. The van der Waals surface area contributed by atoms with Crippen molar-refractivity contribution in [2.24, 2.45) is 11.7 Å². The number of halogens is 3. The van der Waals surface area contributed by atoms with Crippen LogP contribution in [0.15, 0.2) is 0 Å². The van der Waals surface area contributed by atoms with Crippen LogP contribution in [0.25, 0.3) is 0 Å². The van der Waals surface area contributed by atoms with Crippen molar-refractivity contribution >= 4 is 5.91 Å². The highest BCUT2D eigenvalue weighted by molar-refractivity contribution is 5.77. The lowest BCUT2D eigenvalue weighted by Gasteiger charge is -2.13. The van der Waals surface area contributed by atoms with Gasteiger partial charge < -0.3 is 11.1 Å². The first-order valence-electron chi connectivity index (χ1n) is 3.50. The number of nitrogens with one attached hydrogen (secondary N) is 1. The van der Waals surface area contributed by atoms with Gasteiger partial charge in [-0.05, 0) is 6.42 Å². The molecule has 0 spiro atoms. The normalized spacial score (nSPS) is 30.6. The van der Waals surface area contributed by atoms with Crippen molar-refractivity contribution in [2.75, 3.05) is 6.54 Å². The van der Waals surface area contributed by atoms with Crippen molar-refractivity contribution in [3.05, 3.63) is 0 Å². The quantitative estimate of drug-likeness (QED) is 0.600. The molecule has 2 atom stereocenters. The largest absolute Gasteiger partial charge is 0.403 e. The summed E-state index contributed by atoms with van der Waals surface area (Å²) in [5, 5.41) is 2.20. The SMILES string of the molecule is NC(=O)C1CNC(C(F)(F)F)C1. The highest BCUT2D eigenvalue weighted by Crippen LogP contribution is 2.28. The molecule has 0 aromatic carbocycles. The summed E-state index contributed by atoms with van der Waals surface area (Å²) in [7, 11) is 0. The van der Waals surface area contributed by atoms with Crippen molar-refractivity contribution in [2.45, 2.75) is 18.6 Å². The second kappa shape index (κ2) is 2.93. The van der Waals surface area contributed by atoms with E-state index in [-0.39, 0.29) is 13.0 Å². The Hall–Kier alpha value is -0.780. The van der Waals surface area contributed by atoms with Crippen LogP contribution in [-0.2, 0) is 4.79 Å². The summed E-state index contributed by atoms with van der Waals surface area (Å²) in [6.07, 6.45) is -4.51. The van der Waals surface area contributed by atoms with Crippen LogP contribution >= 0.6 is 0 Å². The maximum atomic E-state index is 12.0. The minimum Gasteiger partial charge on any atom is -0.369 e. The first-order valence-corrected chi connectivity index (χ1v) is 3.50. The van der Waals surface area contributed by atoms with E-state index in [1.807, 2.05) is 0 Å². The van der Waals surface area contributed by atoms with Crippen LogP contribution in [0.4, 0.5) is 13.2 Å². The minimum atomic E-state index is -4.27. The summed E-state index contributed by atoms with van der Waals surface area (Å²) in [6.45, 7) is 0.0273. The zero-order chi connectivity index (χ0) is 9.35. The average Bonchev–Trinajstić information content (AvgIpc) is 2.30. The Morgan fingerprint density at radius 2 is 2.08 bits per heavy atom. The van der Waals surface area contributed by atoms with Gasteiger partial charge in [-0.2, -0.15) is 13.2 Å². The molecule has 1 aliphatic rings. The third-order valence-electron chi connectivity index (χ3n) is 1.93. The molecule has 1 aliphatic heterocycles. The fourth-order valence-electron chi connectivity index (χ4n) is 1.20. The Morgan fingerprint density at radius 1 is 1.50 bits per heavy atom. The molecule has 0 saturated carbocycles. The number of carbonyl (C=O) groups excluding carboxylic acids is 1. The molecule has 6 heteroatoms. The summed E-state index contributed by atoms with van der Waals surface area (Å²) in [5.41, 5.74) is 4.86. The monoisotopic (exact) mass is 182 g/mol. The van der Waals surface area contributed by atoms with Crippen molar-refractivity contribution in [1.29, 1.82) is 0 Å². The molecule has 1 fully saturated rings. The molecule has 1 heterocycles. The molecule has 1 saturated heterocycles. The van der Waals surface area contributed by atoms with E-state index in [0.29, 0.717) is 0 Å². The van der Waals surface area contributed by atoms with E-state index in [4.69, 9.17) is 5.73 Å². The molecule has 0 aliphatic carbocycles. The Morgan fingerprint density at radius 3 is 2.33 bits per heavy atom. The number of primary amides is 1. The third-order valence-corrected chi connectivity index (χ3v) is 1.93. The van der Waals surface area contributed by atoms with Crippen LogP contribution in [0.1, 0.15) is 6.42 Å². The smallest absolute Gasteiger partial charge is 0.369 e. The third kappa shape index (κ3) is 1.88. The lowest BCUT2D eigenvalue weighted by Crippen LogP contribution is -2.36. The fourth-order valence-corrected chi connectivity index (χ4v) is 1.20. The average molecular weight is 182 g/mol. The Labute approximate surface area is 67.1 Å². The van der Waals surface area contributed by atoms with Gasteiger partial charge in [0, 0.05) is 6.54 Å². The van der Waals surface area contributed by atoms with E-state index in [1.54, 1.807) is 0 Å². The molecule has 3 nitrogen and oxygen atoms in total. The molecule has 70 valence electrons. The molecule has 0 aromatic rings.